The standard InChI is InChI=1S/C12H11Br3O3/c1-6(2)12(16)18-7(3)17-11-9(14)4-8(13)5-10(11)15/h4-5,7H,1H2,2-3H3. The second-order valence-corrected chi connectivity index (χ2v) is 6.19. The summed E-state index contributed by atoms with van der Waals surface area (Å²) >= 11 is 10.1. The second kappa shape index (κ2) is 6.73. The predicted octanol–water partition coefficient (Wildman–Crippen LogP) is 4.82. The Morgan fingerprint density at radius 1 is 1.28 bits per heavy atom. The summed E-state index contributed by atoms with van der Waals surface area (Å²) in [6.45, 7) is 6.73. The molecule has 3 nitrogen and oxygen atoms in total. The fourth-order valence-electron chi connectivity index (χ4n) is 1.08. The second-order valence-electron chi connectivity index (χ2n) is 3.57. The molecule has 0 radical (unpaired) electrons. The van der Waals surface area contributed by atoms with E-state index in [4.69, 9.17) is 9.47 Å². The van der Waals surface area contributed by atoms with Crippen LogP contribution in [0.3, 0.4) is 0 Å². The summed E-state index contributed by atoms with van der Waals surface area (Å²) in [6, 6.07) is 3.68. The highest BCUT2D eigenvalue weighted by molar-refractivity contribution is 9.11. The lowest BCUT2D eigenvalue weighted by atomic mass is 10.3. The number of ether oxygens (including phenoxy) is 2. The molecule has 1 rings (SSSR count). The molecule has 18 heavy (non-hydrogen) atoms. The molecule has 0 heterocycles. The number of carbonyl (C=O) groups excluding carboxylic acids is 1. The number of halogens is 3. The van der Waals surface area contributed by atoms with Gasteiger partial charge in [-0.1, -0.05) is 22.5 Å². The summed E-state index contributed by atoms with van der Waals surface area (Å²) < 4.78 is 13.0. The van der Waals surface area contributed by atoms with Crippen molar-refractivity contribution in [3.8, 4) is 5.75 Å². The first-order valence-corrected chi connectivity index (χ1v) is 7.37. The molecular formula is C12H11Br3O3. The largest absolute Gasteiger partial charge is 0.453 e. The minimum atomic E-state index is -0.706. The molecule has 0 aliphatic heterocycles. The third-order valence-electron chi connectivity index (χ3n) is 1.87. The van der Waals surface area contributed by atoms with E-state index in [0.717, 1.165) is 13.4 Å². The molecule has 0 saturated carbocycles. The van der Waals surface area contributed by atoms with Crippen molar-refractivity contribution in [3.05, 3.63) is 37.7 Å². The number of rotatable bonds is 4. The van der Waals surface area contributed by atoms with E-state index in [-0.39, 0.29) is 0 Å². The van der Waals surface area contributed by atoms with E-state index in [9.17, 15) is 4.79 Å². The maximum atomic E-state index is 11.3. The molecule has 0 amide bonds. The van der Waals surface area contributed by atoms with Crippen LogP contribution in [0.2, 0.25) is 0 Å². The Morgan fingerprint density at radius 3 is 2.22 bits per heavy atom. The number of carbonyl (C=O) groups is 1. The van der Waals surface area contributed by atoms with Gasteiger partial charge in [0.1, 0.15) is 0 Å². The van der Waals surface area contributed by atoms with Crippen LogP contribution in [0, 0.1) is 0 Å². The molecule has 0 spiro atoms. The zero-order valence-corrected chi connectivity index (χ0v) is 14.6. The van der Waals surface area contributed by atoms with Crippen molar-refractivity contribution in [2.75, 3.05) is 0 Å². The molecule has 0 saturated heterocycles. The van der Waals surface area contributed by atoms with Crippen LogP contribution in [0.1, 0.15) is 13.8 Å². The summed E-state index contributed by atoms with van der Waals surface area (Å²) in [5.41, 5.74) is 0.333. The van der Waals surface area contributed by atoms with Crippen LogP contribution in [0.5, 0.6) is 5.75 Å². The van der Waals surface area contributed by atoms with E-state index in [1.54, 1.807) is 13.8 Å². The normalized spacial score (nSPS) is 11.8. The summed E-state index contributed by atoms with van der Waals surface area (Å²) in [5, 5.41) is 0. The van der Waals surface area contributed by atoms with Gasteiger partial charge in [0.05, 0.1) is 8.95 Å². The molecule has 0 aromatic heterocycles. The Morgan fingerprint density at radius 2 is 1.78 bits per heavy atom. The van der Waals surface area contributed by atoms with Crippen LogP contribution < -0.4 is 4.74 Å². The highest BCUT2D eigenvalue weighted by atomic mass is 79.9. The molecule has 6 heteroatoms. The smallest absolute Gasteiger partial charge is 0.336 e. The third-order valence-corrected chi connectivity index (χ3v) is 3.50. The zero-order valence-electron chi connectivity index (χ0n) is 9.80. The highest BCUT2D eigenvalue weighted by Crippen LogP contribution is 2.37. The number of esters is 1. The maximum absolute atomic E-state index is 11.3. The van der Waals surface area contributed by atoms with Gasteiger partial charge in [0.2, 0.25) is 6.29 Å². The third kappa shape index (κ3) is 4.40. The quantitative estimate of drug-likeness (QED) is 0.381. The Hall–Kier alpha value is -0.330. The van der Waals surface area contributed by atoms with E-state index >= 15 is 0 Å². The van der Waals surface area contributed by atoms with Crippen molar-refractivity contribution >= 4 is 53.8 Å². The Balaban J connectivity index is 2.79. The summed E-state index contributed by atoms with van der Waals surface area (Å²) in [5.74, 6) is 0.0899. The van der Waals surface area contributed by atoms with Gasteiger partial charge in [0.25, 0.3) is 0 Å². The van der Waals surface area contributed by atoms with Crippen molar-refractivity contribution in [2.45, 2.75) is 20.1 Å². The van der Waals surface area contributed by atoms with Gasteiger partial charge in [-0.2, -0.15) is 0 Å². The molecule has 1 atom stereocenters. The SMILES string of the molecule is C=C(C)C(=O)OC(C)Oc1c(Br)cc(Br)cc1Br. The first kappa shape index (κ1) is 15.7. The molecule has 1 unspecified atom stereocenters. The molecular weight excluding hydrogens is 432 g/mol. The average molecular weight is 443 g/mol. The Kier molecular flexibility index (Phi) is 5.88. The van der Waals surface area contributed by atoms with Gasteiger partial charge in [-0.3, -0.25) is 0 Å². The lowest BCUT2D eigenvalue weighted by Crippen LogP contribution is -2.21. The molecule has 0 fully saturated rings. The number of hydrogen-bond acceptors (Lipinski definition) is 3. The number of hydrogen-bond donors (Lipinski definition) is 0. The Bertz CT molecular complexity index is 462. The van der Waals surface area contributed by atoms with E-state index in [2.05, 4.69) is 54.4 Å². The van der Waals surface area contributed by atoms with Crippen LogP contribution in [0.15, 0.2) is 37.7 Å². The van der Waals surface area contributed by atoms with Gasteiger partial charge < -0.3 is 9.47 Å². The fourth-order valence-corrected chi connectivity index (χ4v) is 3.53. The van der Waals surface area contributed by atoms with Crippen LogP contribution in [0.4, 0.5) is 0 Å². The van der Waals surface area contributed by atoms with Crippen molar-refractivity contribution < 1.29 is 14.3 Å². The summed E-state index contributed by atoms with van der Waals surface area (Å²) in [7, 11) is 0. The van der Waals surface area contributed by atoms with Crippen molar-refractivity contribution in [1.82, 2.24) is 0 Å². The van der Waals surface area contributed by atoms with E-state index < -0.39 is 12.3 Å². The molecule has 0 bridgehead atoms. The number of benzene rings is 1. The minimum Gasteiger partial charge on any atom is -0.453 e. The lowest BCUT2D eigenvalue weighted by molar-refractivity contribution is -0.156. The highest BCUT2D eigenvalue weighted by Gasteiger charge is 2.15. The molecule has 1 aromatic rings. The topological polar surface area (TPSA) is 35.5 Å². The van der Waals surface area contributed by atoms with Crippen LogP contribution >= 0.6 is 47.8 Å². The molecule has 0 aliphatic carbocycles. The van der Waals surface area contributed by atoms with Crippen LogP contribution in [0.25, 0.3) is 0 Å². The minimum absolute atomic E-state index is 0.333. The van der Waals surface area contributed by atoms with Gasteiger partial charge >= 0.3 is 5.97 Å². The Labute approximate surface area is 131 Å². The van der Waals surface area contributed by atoms with Crippen molar-refractivity contribution in [3.63, 3.8) is 0 Å². The summed E-state index contributed by atoms with van der Waals surface area (Å²) in [4.78, 5) is 11.3. The van der Waals surface area contributed by atoms with Gasteiger partial charge in [-0.05, 0) is 50.9 Å². The first-order chi connectivity index (χ1) is 8.31. The van der Waals surface area contributed by atoms with E-state index in [1.807, 2.05) is 12.1 Å². The van der Waals surface area contributed by atoms with Crippen LogP contribution in [-0.2, 0) is 9.53 Å². The van der Waals surface area contributed by atoms with E-state index in [1.165, 1.54) is 0 Å². The molecule has 0 N–H and O–H groups in total. The first-order valence-electron chi connectivity index (χ1n) is 4.99. The van der Waals surface area contributed by atoms with Gasteiger partial charge in [-0.25, -0.2) is 4.79 Å². The average Bonchev–Trinajstić information content (AvgIpc) is 2.23. The van der Waals surface area contributed by atoms with Gasteiger partial charge in [0, 0.05) is 17.0 Å². The molecule has 98 valence electrons. The molecule has 0 aliphatic rings. The van der Waals surface area contributed by atoms with Gasteiger partial charge in [-0.15, -0.1) is 0 Å². The lowest BCUT2D eigenvalue weighted by Gasteiger charge is -2.17. The summed E-state index contributed by atoms with van der Waals surface area (Å²) in [6.07, 6.45) is -0.706. The monoisotopic (exact) mass is 440 g/mol. The molecule has 1 aromatic carbocycles. The van der Waals surface area contributed by atoms with Crippen LogP contribution in [-0.4, -0.2) is 12.3 Å². The van der Waals surface area contributed by atoms with Gasteiger partial charge in [0.15, 0.2) is 5.75 Å². The van der Waals surface area contributed by atoms with E-state index in [0.29, 0.717) is 11.3 Å². The fraction of sp³-hybridized carbons (Fsp3) is 0.250. The zero-order chi connectivity index (χ0) is 13.9. The predicted molar refractivity (Wildman–Crippen MR) is 80.5 cm³/mol. The maximum Gasteiger partial charge on any atom is 0.336 e. The van der Waals surface area contributed by atoms with Crippen molar-refractivity contribution in [1.29, 1.82) is 0 Å². The van der Waals surface area contributed by atoms with Crippen molar-refractivity contribution in [2.24, 2.45) is 0 Å².